The zero-order valence-corrected chi connectivity index (χ0v) is 9.39. The molecule has 0 aromatic heterocycles. The van der Waals surface area contributed by atoms with Crippen LogP contribution >= 0.6 is 27.5 Å². The lowest BCUT2D eigenvalue weighted by Gasteiger charge is -2.05. The number of nitrogens with two attached hydrogens (primary N) is 1. The number of ketones is 1. The van der Waals surface area contributed by atoms with E-state index in [-0.39, 0.29) is 27.3 Å². The number of hydrogen-bond acceptors (Lipinski definition) is 3. The van der Waals surface area contributed by atoms with E-state index in [1.165, 1.54) is 12.1 Å². The summed E-state index contributed by atoms with van der Waals surface area (Å²) in [7, 11) is 0. The predicted molar refractivity (Wildman–Crippen MR) is 58.7 cm³/mol. The molecular weight excluding hydrogens is 267 g/mol. The Labute approximate surface area is 94.6 Å². The number of carbonyl (C=O) groups excluding carboxylic acids is 1. The maximum atomic E-state index is 11.4. The summed E-state index contributed by atoms with van der Waals surface area (Å²) in [6.45, 7) is 0. The van der Waals surface area contributed by atoms with Gasteiger partial charge in [0.1, 0.15) is 0 Å². The molecule has 1 aromatic carbocycles. The second-order valence-electron chi connectivity index (χ2n) is 2.56. The van der Waals surface area contributed by atoms with E-state index in [2.05, 4.69) is 15.9 Å². The highest BCUT2D eigenvalue weighted by molar-refractivity contribution is 9.09. The fourth-order valence-corrected chi connectivity index (χ4v) is 1.58. The normalized spacial score (nSPS) is 9.50. The molecule has 0 saturated carbocycles. The third-order valence-electron chi connectivity index (χ3n) is 1.69. The maximum absolute atomic E-state index is 11.4. The van der Waals surface area contributed by atoms with Gasteiger partial charge in [-0.1, -0.05) is 27.5 Å². The molecule has 0 aliphatic heterocycles. The summed E-state index contributed by atoms with van der Waals surface area (Å²) in [6.07, 6.45) is 0. The molecule has 0 aliphatic carbocycles. The number of benzene rings is 1. The first kappa shape index (κ1) is 11.0. The van der Waals surface area contributed by atoms with Crippen molar-refractivity contribution in [2.45, 2.75) is 0 Å². The average Bonchev–Trinajstić information content (AvgIpc) is 2.20. The van der Waals surface area contributed by atoms with Crippen LogP contribution < -0.4 is 5.73 Å². The van der Waals surface area contributed by atoms with Crippen molar-refractivity contribution >= 4 is 39.0 Å². The van der Waals surface area contributed by atoms with E-state index in [0.717, 1.165) is 0 Å². The molecule has 0 atom stereocenters. The zero-order valence-electron chi connectivity index (χ0n) is 7.05. The standard InChI is InChI=1S/C9H6BrClN2O/c10-3-7(14)8-5(4-12)1-2-6(13)9(8)11/h1-2H,3,13H2. The van der Waals surface area contributed by atoms with E-state index in [9.17, 15) is 4.79 Å². The van der Waals surface area contributed by atoms with E-state index in [4.69, 9.17) is 22.6 Å². The molecule has 0 bridgehead atoms. The van der Waals surface area contributed by atoms with Gasteiger partial charge in [0.2, 0.25) is 0 Å². The summed E-state index contributed by atoms with van der Waals surface area (Å²) in [5.41, 5.74) is 6.26. The molecule has 1 aromatic rings. The van der Waals surface area contributed by atoms with Gasteiger partial charge in [0, 0.05) is 0 Å². The largest absolute Gasteiger partial charge is 0.398 e. The van der Waals surface area contributed by atoms with E-state index in [1.807, 2.05) is 6.07 Å². The molecule has 14 heavy (non-hydrogen) atoms. The summed E-state index contributed by atoms with van der Waals surface area (Å²) >= 11 is 8.85. The van der Waals surface area contributed by atoms with Crippen LogP contribution in [0.1, 0.15) is 15.9 Å². The molecule has 72 valence electrons. The Morgan fingerprint density at radius 2 is 2.29 bits per heavy atom. The third kappa shape index (κ3) is 1.89. The van der Waals surface area contributed by atoms with E-state index < -0.39 is 0 Å². The number of alkyl halides is 1. The lowest BCUT2D eigenvalue weighted by molar-refractivity contribution is 0.102. The molecule has 0 fully saturated rings. The topological polar surface area (TPSA) is 66.9 Å². The van der Waals surface area contributed by atoms with Gasteiger partial charge in [-0.3, -0.25) is 4.79 Å². The summed E-state index contributed by atoms with van der Waals surface area (Å²) in [5.74, 6) is -0.251. The van der Waals surface area contributed by atoms with Gasteiger partial charge in [0.05, 0.1) is 33.2 Å². The number of nitrogen functional groups attached to an aromatic ring is 1. The Morgan fingerprint density at radius 1 is 1.64 bits per heavy atom. The van der Waals surface area contributed by atoms with Gasteiger partial charge in [0.15, 0.2) is 5.78 Å². The maximum Gasteiger partial charge on any atom is 0.176 e. The van der Waals surface area contributed by atoms with E-state index >= 15 is 0 Å². The minimum Gasteiger partial charge on any atom is -0.398 e. The SMILES string of the molecule is N#Cc1ccc(N)c(Cl)c1C(=O)CBr. The molecule has 0 unspecified atom stereocenters. The van der Waals surface area contributed by atoms with Crippen molar-refractivity contribution in [2.24, 2.45) is 0 Å². The van der Waals surface area contributed by atoms with Crippen molar-refractivity contribution in [3.8, 4) is 6.07 Å². The van der Waals surface area contributed by atoms with Crippen LogP contribution in [-0.2, 0) is 0 Å². The van der Waals surface area contributed by atoms with Crippen molar-refractivity contribution < 1.29 is 4.79 Å². The minimum atomic E-state index is -0.251. The summed E-state index contributed by atoms with van der Waals surface area (Å²) in [6, 6.07) is 4.89. The van der Waals surface area contributed by atoms with Crippen molar-refractivity contribution in [3.05, 3.63) is 28.3 Å². The molecule has 1 rings (SSSR count). The lowest BCUT2D eigenvalue weighted by atomic mass is 10.0. The molecule has 0 aliphatic rings. The van der Waals surface area contributed by atoms with Crippen LogP contribution in [-0.4, -0.2) is 11.1 Å². The highest BCUT2D eigenvalue weighted by Crippen LogP contribution is 2.27. The van der Waals surface area contributed by atoms with E-state index in [1.54, 1.807) is 0 Å². The van der Waals surface area contributed by atoms with Crippen LogP contribution in [0.15, 0.2) is 12.1 Å². The first-order valence-corrected chi connectivity index (χ1v) is 5.19. The number of rotatable bonds is 2. The second kappa shape index (κ2) is 4.45. The number of anilines is 1. The van der Waals surface area contributed by atoms with E-state index in [0.29, 0.717) is 5.69 Å². The summed E-state index contributed by atoms with van der Waals surface area (Å²) in [4.78, 5) is 11.4. The molecule has 0 heterocycles. The highest BCUT2D eigenvalue weighted by Gasteiger charge is 2.16. The summed E-state index contributed by atoms with van der Waals surface area (Å²) in [5, 5.41) is 9.02. The number of hydrogen-bond donors (Lipinski definition) is 1. The number of nitriles is 1. The second-order valence-corrected chi connectivity index (χ2v) is 3.50. The van der Waals surface area contributed by atoms with Gasteiger partial charge in [-0.25, -0.2) is 0 Å². The van der Waals surface area contributed by atoms with Gasteiger partial charge in [-0.15, -0.1) is 0 Å². The van der Waals surface area contributed by atoms with Crippen molar-refractivity contribution in [1.82, 2.24) is 0 Å². The van der Waals surface area contributed by atoms with Crippen LogP contribution in [0.4, 0.5) is 5.69 Å². The minimum absolute atomic E-state index is 0.116. The Hall–Kier alpha value is -1.05. The fraction of sp³-hybridized carbons (Fsp3) is 0.111. The van der Waals surface area contributed by atoms with Crippen LogP contribution in [0.25, 0.3) is 0 Å². The van der Waals surface area contributed by atoms with Crippen LogP contribution in [0.3, 0.4) is 0 Å². The Kier molecular flexibility index (Phi) is 3.50. The monoisotopic (exact) mass is 272 g/mol. The third-order valence-corrected chi connectivity index (χ3v) is 2.61. The molecule has 0 radical (unpaired) electrons. The van der Waals surface area contributed by atoms with Crippen molar-refractivity contribution in [1.29, 1.82) is 5.26 Å². The molecular formula is C9H6BrClN2O. The van der Waals surface area contributed by atoms with Crippen molar-refractivity contribution in [3.63, 3.8) is 0 Å². The average molecular weight is 274 g/mol. The Morgan fingerprint density at radius 3 is 2.79 bits per heavy atom. The molecule has 5 heteroatoms. The van der Waals surface area contributed by atoms with Gasteiger partial charge < -0.3 is 5.73 Å². The summed E-state index contributed by atoms with van der Waals surface area (Å²) < 4.78 is 0. The fourth-order valence-electron chi connectivity index (χ4n) is 1.02. The smallest absolute Gasteiger partial charge is 0.176 e. The predicted octanol–water partition coefficient (Wildman–Crippen LogP) is 2.37. The number of halogens is 2. The number of Topliss-reactive ketones (excluding diaryl/α,β-unsaturated/α-hetero) is 1. The van der Waals surface area contributed by atoms with Gasteiger partial charge in [-0.05, 0) is 12.1 Å². The number of nitrogens with zero attached hydrogens (tertiary/aromatic N) is 1. The van der Waals surface area contributed by atoms with Gasteiger partial charge >= 0.3 is 0 Å². The van der Waals surface area contributed by atoms with Crippen LogP contribution in [0.2, 0.25) is 5.02 Å². The van der Waals surface area contributed by atoms with Crippen molar-refractivity contribution in [2.75, 3.05) is 11.1 Å². The Bertz CT molecular complexity index is 426. The molecule has 2 N–H and O–H groups in total. The number of carbonyl (C=O) groups is 1. The molecule has 0 amide bonds. The van der Waals surface area contributed by atoms with Gasteiger partial charge in [-0.2, -0.15) is 5.26 Å². The van der Waals surface area contributed by atoms with Gasteiger partial charge in [0.25, 0.3) is 0 Å². The Balaban J connectivity index is 3.45. The highest BCUT2D eigenvalue weighted by atomic mass is 79.9. The molecule has 3 nitrogen and oxygen atoms in total. The van der Waals surface area contributed by atoms with Crippen LogP contribution in [0, 0.1) is 11.3 Å². The van der Waals surface area contributed by atoms with Crippen LogP contribution in [0.5, 0.6) is 0 Å². The quantitative estimate of drug-likeness (QED) is 0.511. The zero-order chi connectivity index (χ0) is 10.7. The first-order valence-electron chi connectivity index (χ1n) is 3.69. The molecule has 0 saturated heterocycles. The lowest BCUT2D eigenvalue weighted by Crippen LogP contribution is -2.06. The first-order chi connectivity index (χ1) is 6.61. The molecule has 0 spiro atoms.